The molecule has 2 rings (SSSR count). The lowest BCUT2D eigenvalue weighted by Gasteiger charge is -2.09. The van der Waals surface area contributed by atoms with E-state index in [4.69, 9.17) is 5.11 Å². The summed E-state index contributed by atoms with van der Waals surface area (Å²) in [5.74, 6) is -1.48. The number of rotatable bonds is 7. The summed E-state index contributed by atoms with van der Waals surface area (Å²) in [7, 11) is 0. The number of fused-ring (bicyclic) bond motifs is 1. The Morgan fingerprint density at radius 2 is 1.74 bits per heavy atom. The highest BCUT2D eigenvalue weighted by atomic mass is 16.4. The Morgan fingerprint density at radius 3 is 2.26 bits per heavy atom. The van der Waals surface area contributed by atoms with Crippen LogP contribution in [0.25, 0.3) is 11.0 Å². The number of nitrogens with one attached hydrogen (secondary N) is 1. The van der Waals surface area contributed by atoms with Crippen LogP contribution in [-0.2, 0) is 22.7 Å². The highest BCUT2D eigenvalue weighted by molar-refractivity contribution is 5.83. The fourth-order valence-corrected chi connectivity index (χ4v) is 2.52. The topological polar surface area (TPSA) is 93.3 Å². The summed E-state index contributed by atoms with van der Waals surface area (Å²) in [6.45, 7) is 4.24. The Morgan fingerprint density at radius 1 is 1.17 bits per heavy atom. The van der Waals surface area contributed by atoms with Crippen LogP contribution in [0, 0.1) is 0 Å². The minimum atomic E-state index is -1.09. The predicted molar refractivity (Wildman–Crippen MR) is 86.3 cm³/mol. The summed E-state index contributed by atoms with van der Waals surface area (Å²) in [4.78, 5) is 35.1. The first-order valence-electron chi connectivity index (χ1n) is 7.66. The van der Waals surface area contributed by atoms with Gasteiger partial charge in [0.05, 0.1) is 11.0 Å². The number of carbonyl (C=O) groups is 2. The first-order valence-corrected chi connectivity index (χ1v) is 7.66. The zero-order valence-electron chi connectivity index (χ0n) is 13.3. The molecule has 23 heavy (non-hydrogen) atoms. The standard InChI is InChI=1S/C16H21N3O4/c1-3-9-18-12-6-4-5-7-13(12)19(16(18)23)10-8-14(20)17-11(2)15(21)22/h4-7,11H,3,8-10H2,1-2H3,(H,17,20)(H,21,22). The number of para-hydroxylation sites is 2. The van der Waals surface area contributed by atoms with Crippen molar-refractivity contribution in [1.82, 2.24) is 14.5 Å². The highest BCUT2D eigenvalue weighted by Gasteiger charge is 2.16. The van der Waals surface area contributed by atoms with Gasteiger partial charge < -0.3 is 10.4 Å². The monoisotopic (exact) mass is 319 g/mol. The van der Waals surface area contributed by atoms with E-state index in [1.165, 1.54) is 6.92 Å². The number of aliphatic carboxylic acids is 1. The van der Waals surface area contributed by atoms with E-state index in [0.29, 0.717) is 6.54 Å². The molecule has 1 aromatic carbocycles. The Hall–Kier alpha value is -2.57. The summed E-state index contributed by atoms with van der Waals surface area (Å²) in [5, 5.41) is 11.2. The normalized spacial score (nSPS) is 12.3. The Kier molecular flexibility index (Phi) is 5.20. The van der Waals surface area contributed by atoms with Gasteiger partial charge in [-0.3, -0.25) is 18.7 Å². The zero-order valence-corrected chi connectivity index (χ0v) is 13.3. The molecule has 1 unspecified atom stereocenters. The van der Waals surface area contributed by atoms with Crippen LogP contribution in [0.3, 0.4) is 0 Å². The lowest BCUT2D eigenvalue weighted by atomic mass is 10.3. The highest BCUT2D eigenvalue weighted by Crippen LogP contribution is 2.13. The molecule has 0 radical (unpaired) electrons. The lowest BCUT2D eigenvalue weighted by Crippen LogP contribution is -2.39. The zero-order chi connectivity index (χ0) is 17.0. The molecule has 7 nitrogen and oxygen atoms in total. The number of aromatic nitrogens is 2. The molecule has 0 aliphatic heterocycles. The molecule has 0 saturated carbocycles. The molecule has 1 aromatic heterocycles. The Labute approximate surface area is 133 Å². The molecule has 0 aliphatic rings. The Bertz CT molecular complexity index is 775. The van der Waals surface area contributed by atoms with E-state index in [-0.39, 0.29) is 24.6 Å². The summed E-state index contributed by atoms with van der Waals surface area (Å²) in [5.41, 5.74) is 1.48. The van der Waals surface area contributed by atoms with E-state index < -0.39 is 12.0 Å². The molecule has 2 N–H and O–H groups in total. The minimum Gasteiger partial charge on any atom is -0.480 e. The third-order valence-corrected chi connectivity index (χ3v) is 3.68. The average molecular weight is 319 g/mol. The number of carboxylic acids is 1. The average Bonchev–Trinajstić information content (AvgIpc) is 2.78. The van der Waals surface area contributed by atoms with Gasteiger partial charge in [-0.25, -0.2) is 4.79 Å². The number of nitrogens with zero attached hydrogens (tertiary/aromatic N) is 2. The number of aryl methyl sites for hydroxylation is 2. The van der Waals surface area contributed by atoms with Gasteiger partial charge in [0.2, 0.25) is 5.91 Å². The fourth-order valence-electron chi connectivity index (χ4n) is 2.52. The van der Waals surface area contributed by atoms with E-state index in [1.54, 1.807) is 9.13 Å². The van der Waals surface area contributed by atoms with Gasteiger partial charge in [-0.15, -0.1) is 0 Å². The van der Waals surface area contributed by atoms with Crippen LogP contribution >= 0.6 is 0 Å². The maximum atomic E-state index is 12.5. The van der Waals surface area contributed by atoms with Gasteiger partial charge in [-0.1, -0.05) is 19.1 Å². The first-order chi connectivity index (χ1) is 11.0. The van der Waals surface area contributed by atoms with Gasteiger partial charge >= 0.3 is 11.7 Å². The van der Waals surface area contributed by atoms with Gasteiger partial charge in [0, 0.05) is 19.5 Å². The van der Waals surface area contributed by atoms with Crippen molar-refractivity contribution in [3.8, 4) is 0 Å². The van der Waals surface area contributed by atoms with E-state index in [9.17, 15) is 14.4 Å². The number of imidazole rings is 1. The van der Waals surface area contributed by atoms with Crippen molar-refractivity contribution in [2.75, 3.05) is 0 Å². The molecular formula is C16H21N3O4. The second-order valence-corrected chi connectivity index (χ2v) is 5.45. The van der Waals surface area contributed by atoms with Crippen molar-refractivity contribution in [2.45, 2.75) is 45.8 Å². The summed E-state index contributed by atoms with van der Waals surface area (Å²) >= 11 is 0. The van der Waals surface area contributed by atoms with Crippen molar-refractivity contribution < 1.29 is 14.7 Å². The molecule has 2 aromatic rings. The van der Waals surface area contributed by atoms with Gasteiger partial charge in [0.1, 0.15) is 6.04 Å². The summed E-state index contributed by atoms with van der Waals surface area (Å²) < 4.78 is 3.27. The number of amides is 1. The van der Waals surface area contributed by atoms with Crippen molar-refractivity contribution in [3.63, 3.8) is 0 Å². The van der Waals surface area contributed by atoms with Crippen molar-refractivity contribution in [2.24, 2.45) is 0 Å². The molecule has 0 saturated heterocycles. The van der Waals surface area contributed by atoms with Crippen molar-refractivity contribution >= 4 is 22.9 Å². The molecule has 1 heterocycles. The van der Waals surface area contributed by atoms with Gasteiger partial charge in [-0.05, 0) is 25.5 Å². The first kappa shape index (κ1) is 16.8. The van der Waals surface area contributed by atoms with Crippen LogP contribution in [0.1, 0.15) is 26.7 Å². The van der Waals surface area contributed by atoms with E-state index in [1.807, 2.05) is 31.2 Å². The number of carboxylic acid groups (broad SMARTS) is 1. The smallest absolute Gasteiger partial charge is 0.329 e. The molecule has 124 valence electrons. The van der Waals surface area contributed by atoms with Gasteiger partial charge in [0.25, 0.3) is 0 Å². The van der Waals surface area contributed by atoms with Crippen molar-refractivity contribution in [1.29, 1.82) is 0 Å². The second kappa shape index (κ2) is 7.13. The number of hydrogen-bond donors (Lipinski definition) is 2. The third-order valence-electron chi connectivity index (χ3n) is 3.68. The second-order valence-electron chi connectivity index (χ2n) is 5.45. The SMILES string of the molecule is CCCn1c(=O)n(CCC(=O)NC(C)C(=O)O)c2ccccc21. The van der Waals surface area contributed by atoms with Crippen LogP contribution < -0.4 is 11.0 Å². The molecule has 1 atom stereocenters. The minimum absolute atomic E-state index is 0.0532. The number of benzene rings is 1. The summed E-state index contributed by atoms with van der Waals surface area (Å²) in [6.07, 6.45) is 0.891. The predicted octanol–water partition coefficient (Wildman–Crippen LogP) is 1.19. The maximum absolute atomic E-state index is 12.5. The van der Waals surface area contributed by atoms with Crippen molar-refractivity contribution in [3.05, 3.63) is 34.7 Å². The van der Waals surface area contributed by atoms with Crippen LogP contribution in [0.2, 0.25) is 0 Å². The Balaban J connectivity index is 2.20. The van der Waals surface area contributed by atoms with Gasteiger partial charge in [-0.2, -0.15) is 0 Å². The van der Waals surface area contributed by atoms with Crippen LogP contribution in [-0.4, -0.2) is 32.2 Å². The quantitative estimate of drug-likeness (QED) is 0.801. The fraction of sp³-hybridized carbons (Fsp3) is 0.438. The molecular weight excluding hydrogens is 298 g/mol. The van der Waals surface area contributed by atoms with E-state index >= 15 is 0 Å². The maximum Gasteiger partial charge on any atom is 0.329 e. The number of carbonyl (C=O) groups excluding carboxylic acids is 1. The molecule has 0 bridgehead atoms. The molecule has 0 fully saturated rings. The largest absolute Gasteiger partial charge is 0.480 e. The van der Waals surface area contributed by atoms with Crippen LogP contribution in [0.15, 0.2) is 29.1 Å². The van der Waals surface area contributed by atoms with E-state index in [2.05, 4.69) is 5.32 Å². The van der Waals surface area contributed by atoms with Crippen LogP contribution in [0.5, 0.6) is 0 Å². The summed E-state index contributed by atoms with van der Waals surface area (Å²) in [6, 6.07) is 6.51. The molecule has 0 aliphatic carbocycles. The lowest BCUT2D eigenvalue weighted by molar-refractivity contribution is -0.141. The number of hydrogen-bond acceptors (Lipinski definition) is 3. The third kappa shape index (κ3) is 3.61. The van der Waals surface area contributed by atoms with Crippen LogP contribution in [0.4, 0.5) is 0 Å². The molecule has 7 heteroatoms. The molecule has 0 spiro atoms. The van der Waals surface area contributed by atoms with E-state index in [0.717, 1.165) is 17.5 Å². The van der Waals surface area contributed by atoms with Gasteiger partial charge in [0.15, 0.2) is 0 Å². The molecule has 1 amide bonds.